The summed E-state index contributed by atoms with van der Waals surface area (Å²) >= 11 is 7.85. The van der Waals surface area contributed by atoms with Crippen molar-refractivity contribution in [3.8, 4) is 0 Å². The van der Waals surface area contributed by atoms with Gasteiger partial charge in [-0.2, -0.15) is 0 Å². The van der Waals surface area contributed by atoms with Gasteiger partial charge in [0.25, 0.3) is 0 Å². The fourth-order valence-corrected chi connectivity index (χ4v) is 3.94. The Morgan fingerprint density at radius 1 is 1.25 bits per heavy atom. The maximum absolute atomic E-state index is 12.1. The fourth-order valence-electron chi connectivity index (χ4n) is 2.36. The highest BCUT2D eigenvalue weighted by molar-refractivity contribution is 9.10. The van der Waals surface area contributed by atoms with Gasteiger partial charge in [-0.3, -0.25) is 4.79 Å². The first kappa shape index (κ1) is 19.1. The third-order valence-electron chi connectivity index (χ3n) is 3.49. The molecule has 0 aliphatic carbocycles. The minimum atomic E-state index is -2.04. The maximum Gasteiger partial charge on any atom is 0.173 e. The van der Waals surface area contributed by atoms with Crippen molar-refractivity contribution < 1.29 is 13.6 Å². The molecule has 0 aliphatic heterocycles. The molecule has 0 aromatic heterocycles. The van der Waals surface area contributed by atoms with Gasteiger partial charge in [-0.1, -0.05) is 48.9 Å². The van der Waals surface area contributed by atoms with Crippen LogP contribution in [0.2, 0.25) is 5.02 Å². The predicted octanol–water partition coefficient (Wildman–Crippen LogP) is 4.88. The number of rotatable bonds is 7. The van der Waals surface area contributed by atoms with Gasteiger partial charge in [0.1, 0.15) is 5.88 Å². The molecule has 4 nitrogen and oxygen atoms in total. The Labute approximate surface area is 157 Å². The van der Waals surface area contributed by atoms with Crippen LogP contribution in [0.15, 0.2) is 46.9 Å². The number of benzene rings is 2. The molecule has 2 rings (SSSR count). The number of nitrogens with zero attached hydrogens (tertiary/aromatic N) is 1. The molecule has 0 fully saturated rings. The lowest BCUT2D eigenvalue weighted by atomic mass is 10.1. The van der Waals surface area contributed by atoms with Crippen LogP contribution in [-0.2, 0) is 17.6 Å². The molecule has 0 saturated carbocycles. The molecule has 1 unspecified atom stereocenters. The van der Waals surface area contributed by atoms with Crippen LogP contribution in [0.4, 0.5) is 5.69 Å². The van der Waals surface area contributed by atoms with Crippen LogP contribution in [0, 0.1) is 0 Å². The Morgan fingerprint density at radius 2 is 1.92 bits per heavy atom. The molecular formula is C17H17BrClNO3S. The number of carbonyl (C=O) groups excluding carboxylic acids is 1. The molecule has 0 aliphatic rings. The summed E-state index contributed by atoms with van der Waals surface area (Å²) in [4.78, 5) is 13.8. The molecule has 7 heteroatoms. The van der Waals surface area contributed by atoms with Gasteiger partial charge < -0.3 is 9.45 Å². The Balaban J connectivity index is 2.49. The van der Waals surface area contributed by atoms with Crippen molar-refractivity contribution in [3.05, 3.63) is 63.1 Å². The summed E-state index contributed by atoms with van der Waals surface area (Å²) in [5, 5.41) is 0.289. The summed E-state index contributed by atoms with van der Waals surface area (Å²) in [6.07, 6.45) is 0.339. The highest BCUT2D eigenvalue weighted by Crippen LogP contribution is 2.38. The number of anilines is 1. The molecule has 0 radical (unpaired) electrons. The second-order valence-electron chi connectivity index (χ2n) is 5.17. The van der Waals surface area contributed by atoms with E-state index in [-0.39, 0.29) is 16.7 Å². The van der Waals surface area contributed by atoms with E-state index < -0.39 is 11.1 Å². The van der Waals surface area contributed by atoms with Crippen molar-refractivity contribution in [3.63, 3.8) is 0 Å². The number of Topliss-reactive ketones (excluding diaryl/α,β-unsaturated/α-hetero) is 1. The molecule has 0 amide bonds. The van der Waals surface area contributed by atoms with Crippen molar-refractivity contribution in [2.45, 2.75) is 19.9 Å². The van der Waals surface area contributed by atoms with Gasteiger partial charge in [-0.15, -0.1) is 0 Å². The highest BCUT2D eigenvalue weighted by atomic mass is 79.9. The zero-order valence-electron chi connectivity index (χ0n) is 13.0. The van der Waals surface area contributed by atoms with Crippen molar-refractivity contribution in [1.82, 2.24) is 0 Å². The van der Waals surface area contributed by atoms with Gasteiger partial charge in [-0.25, -0.2) is 4.21 Å². The van der Waals surface area contributed by atoms with Crippen LogP contribution in [0.5, 0.6) is 0 Å². The maximum atomic E-state index is 12.1. The number of ketones is 1. The van der Waals surface area contributed by atoms with E-state index in [0.29, 0.717) is 28.7 Å². The van der Waals surface area contributed by atoms with Gasteiger partial charge in [0.15, 0.2) is 16.9 Å². The molecule has 1 N–H and O–H groups in total. The van der Waals surface area contributed by atoms with Gasteiger partial charge in [0.2, 0.25) is 0 Å². The summed E-state index contributed by atoms with van der Waals surface area (Å²) in [6.45, 7) is 2.17. The van der Waals surface area contributed by atoms with E-state index in [2.05, 4.69) is 15.9 Å². The van der Waals surface area contributed by atoms with Crippen molar-refractivity contribution in [1.29, 1.82) is 0 Å². The molecule has 24 heavy (non-hydrogen) atoms. The Hall–Kier alpha value is -1.21. The predicted molar refractivity (Wildman–Crippen MR) is 102 cm³/mol. The van der Waals surface area contributed by atoms with Gasteiger partial charge in [0.05, 0.1) is 10.7 Å². The first-order valence-corrected chi connectivity index (χ1v) is 9.76. The van der Waals surface area contributed by atoms with E-state index in [9.17, 15) is 13.6 Å². The number of hydrogen-bond donors (Lipinski definition) is 1. The first-order valence-electron chi connectivity index (χ1n) is 7.31. The summed E-state index contributed by atoms with van der Waals surface area (Å²) in [7, 11) is 0. The molecule has 0 saturated heterocycles. The molecule has 128 valence electrons. The molecule has 0 heterocycles. The van der Waals surface area contributed by atoms with Crippen LogP contribution in [0.1, 0.15) is 29.3 Å². The van der Waals surface area contributed by atoms with E-state index in [1.165, 1.54) is 0 Å². The quantitative estimate of drug-likeness (QED) is 0.502. The lowest BCUT2D eigenvalue weighted by molar-refractivity contribution is 0.0988. The average molecular weight is 431 g/mol. The van der Waals surface area contributed by atoms with Crippen LogP contribution in [0.25, 0.3) is 0 Å². The Kier molecular flexibility index (Phi) is 6.98. The summed E-state index contributed by atoms with van der Waals surface area (Å²) in [6, 6.07) is 13.0. The van der Waals surface area contributed by atoms with E-state index in [1.807, 2.05) is 30.3 Å². The van der Waals surface area contributed by atoms with E-state index in [0.717, 1.165) is 5.56 Å². The number of halogens is 2. The van der Waals surface area contributed by atoms with E-state index in [4.69, 9.17) is 11.6 Å². The average Bonchev–Trinajstić information content (AvgIpc) is 2.54. The van der Waals surface area contributed by atoms with Gasteiger partial charge >= 0.3 is 0 Å². The summed E-state index contributed by atoms with van der Waals surface area (Å²) in [5.41, 5.74) is 1.93. The Morgan fingerprint density at radius 3 is 2.50 bits per heavy atom. The van der Waals surface area contributed by atoms with Crippen LogP contribution < -0.4 is 4.90 Å². The number of hydrogen-bond acceptors (Lipinski definition) is 3. The minimum Gasteiger partial charge on any atom is -0.351 e. The largest absolute Gasteiger partial charge is 0.351 e. The second-order valence-corrected chi connectivity index (χ2v) is 7.30. The molecular weight excluding hydrogens is 414 g/mol. The lowest BCUT2D eigenvalue weighted by Crippen LogP contribution is -2.27. The lowest BCUT2D eigenvalue weighted by Gasteiger charge is -2.26. The first-order chi connectivity index (χ1) is 11.4. The summed E-state index contributed by atoms with van der Waals surface area (Å²) < 4.78 is 21.5. The third kappa shape index (κ3) is 4.66. The van der Waals surface area contributed by atoms with Crippen molar-refractivity contribution in [2.24, 2.45) is 0 Å². The van der Waals surface area contributed by atoms with Crippen LogP contribution in [0.3, 0.4) is 0 Å². The normalized spacial score (nSPS) is 12.0. The van der Waals surface area contributed by atoms with Gasteiger partial charge in [-0.05, 0) is 33.6 Å². The summed E-state index contributed by atoms with van der Waals surface area (Å²) in [5.74, 6) is -0.185. The van der Waals surface area contributed by atoms with Crippen LogP contribution >= 0.6 is 27.5 Å². The zero-order valence-corrected chi connectivity index (χ0v) is 16.2. The minimum absolute atomic E-state index is 0.0708. The monoisotopic (exact) mass is 429 g/mol. The molecule has 2 aromatic rings. The second kappa shape index (κ2) is 8.76. The molecule has 0 bridgehead atoms. The van der Waals surface area contributed by atoms with Gasteiger partial charge in [0, 0.05) is 23.0 Å². The standard InChI is InChI=1S/C17H17BrClNO3S/c1-2-15(21)13-8-9-14(18)17(16(13)19)20(11-24(22)23)10-12-6-4-3-5-7-12/h3-9H,2,10-11H2,1H3,(H,22,23). The van der Waals surface area contributed by atoms with E-state index in [1.54, 1.807) is 24.0 Å². The highest BCUT2D eigenvalue weighted by Gasteiger charge is 2.21. The fraction of sp³-hybridized carbons (Fsp3) is 0.235. The van der Waals surface area contributed by atoms with E-state index >= 15 is 0 Å². The van der Waals surface area contributed by atoms with Crippen molar-refractivity contribution in [2.75, 3.05) is 10.8 Å². The molecule has 0 spiro atoms. The smallest absolute Gasteiger partial charge is 0.173 e. The number of carbonyl (C=O) groups is 1. The third-order valence-corrected chi connectivity index (χ3v) is 5.04. The van der Waals surface area contributed by atoms with Crippen molar-refractivity contribution >= 4 is 50.1 Å². The van der Waals surface area contributed by atoms with Crippen LogP contribution in [-0.4, -0.2) is 20.4 Å². The SMILES string of the molecule is CCC(=O)c1ccc(Br)c(N(Cc2ccccc2)CS(=O)O)c1Cl. The molecule has 1 atom stereocenters. The Bertz CT molecular complexity index is 755. The zero-order chi connectivity index (χ0) is 17.7. The topological polar surface area (TPSA) is 57.6 Å². The molecule has 2 aromatic carbocycles.